The number of carbonyl (C=O) groups excluding carboxylic acids is 6. The molecular formula is C39H65N7O13P+. The number of rotatable bonds is 28. The molecule has 8 N–H and O–H groups in total. The van der Waals surface area contributed by atoms with Crippen LogP contribution in [0.4, 0.5) is 15.3 Å². The normalized spacial score (nSPS) is 15.2. The Morgan fingerprint density at radius 1 is 0.883 bits per heavy atom. The van der Waals surface area contributed by atoms with Crippen molar-refractivity contribution in [2.24, 2.45) is 11.7 Å². The molecule has 0 bridgehead atoms. The minimum atomic E-state index is -2.65. The zero-order chi connectivity index (χ0) is 44.5. The Balaban J connectivity index is 1.82. The number of alkyl carbamates (subject to hydrolysis) is 1. The zero-order valence-corrected chi connectivity index (χ0v) is 36.4. The van der Waals surface area contributed by atoms with E-state index in [0.717, 1.165) is 6.42 Å². The van der Waals surface area contributed by atoms with Crippen molar-refractivity contribution >= 4 is 49.7 Å². The predicted molar refractivity (Wildman–Crippen MR) is 220 cm³/mol. The Morgan fingerprint density at radius 2 is 1.55 bits per heavy atom. The van der Waals surface area contributed by atoms with E-state index in [4.69, 9.17) is 29.6 Å². The summed E-state index contributed by atoms with van der Waals surface area (Å²) >= 11 is 0. The molecule has 1 heterocycles. The van der Waals surface area contributed by atoms with Crippen LogP contribution >= 0.6 is 8.25 Å². The molecule has 20 nitrogen and oxygen atoms in total. The lowest BCUT2D eigenvalue weighted by atomic mass is 10.0. The Kier molecular flexibility index (Phi) is 24.2. The molecule has 1 fully saturated rings. The van der Waals surface area contributed by atoms with Crippen LogP contribution in [0.2, 0.25) is 0 Å². The van der Waals surface area contributed by atoms with E-state index in [1.807, 2.05) is 20.8 Å². The molecule has 4 atom stereocenters. The monoisotopic (exact) mass is 870 g/mol. The van der Waals surface area contributed by atoms with Crippen LogP contribution in [0.15, 0.2) is 24.3 Å². The Morgan fingerprint density at radius 3 is 2.20 bits per heavy atom. The lowest BCUT2D eigenvalue weighted by Gasteiger charge is -2.25. The highest BCUT2D eigenvalue weighted by Crippen LogP contribution is 2.21. The minimum Gasteiger partial charge on any atom is -0.445 e. The third-order valence-corrected chi connectivity index (χ3v) is 9.24. The van der Waals surface area contributed by atoms with Crippen LogP contribution in [-0.2, 0) is 53.8 Å². The number of urea groups is 1. The molecule has 0 aromatic heterocycles. The summed E-state index contributed by atoms with van der Waals surface area (Å²) in [5.41, 5.74) is 5.95. The molecule has 60 heavy (non-hydrogen) atoms. The maximum atomic E-state index is 13.5. The van der Waals surface area contributed by atoms with Crippen LogP contribution in [0.3, 0.4) is 0 Å². The maximum absolute atomic E-state index is 13.5. The van der Waals surface area contributed by atoms with E-state index in [9.17, 15) is 33.3 Å². The Bertz CT molecular complexity index is 1530. The van der Waals surface area contributed by atoms with Crippen molar-refractivity contribution in [3.63, 3.8) is 0 Å². The summed E-state index contributed by atoms with van der Waals surface area (Å²) in [5.74, 6) is -1.71. The molecule has 1 aliphatic heterocycles. The summed E-state index contributed by atoms with van der Waals surface area (Å²) in [6, 6.07) is 3.85. The molecule has 2 rings (SSSR count). The average molecular weight is 871 g/mol. The van der Waals surface area contributed by atoms with Crippen molar-refractivity contribution < 1.29 is 61.7 Å². The molecule has 7 amide bonds. The van der Waals surface area contributed by atoms with Gasteiger partial charge in [0.05, 0.1) is 38.1 Å². The number of hydrogen-bond donors (Lipinski definition) is 7. The largest absolute Gasteiger partial charge is 0.694 e. The van der Waals surface area contributed by atoms with E-state index in [0.29, 0.717) is 50.0 Å². The number of nitrogens with zero attached hydrogens (tertiary/aromatic N) is 1. The van der Waals surface area contributed by atoms with Gasteiger partial charge in [-0.2, -0.15) is 0 Å². The molecule has 0 radical (unpaired) electrons. The van der Waals surface area contributed by atoms with Gasteiger partial charge in [-0.1, -0.05) is 26.0 Å². The lowest BCUT2D eigenvalue weighted by molar-refractivity contribution is -0.132. The second-order valence-electron chi connectivity index (χ2n) is 15.5. The molecule has 0 aliphatic carbocycles. The molecule has 0 spiro atoms. The van der Waals surface area contributed by atoms with Gasteiger partial charge in [-0.25, -0.2) is 9.59 Å². The average Bonchev–Trinajstić information content (AvgIpc) is 3.63. The fourth-order valence-electron chi connectivity index (χ4n) is 5.93. The second kappa shape index (κ2) is 28.1. The third-order valence-electron chi connectivity index (χ3n) is 8.84. The van der Waals surface area contributed by atoms with Gasteiger partial charge in [0.25, 0.3) is 0 Å². The van der Waals surface area contributed by atoms with Crippen LogP contribution in [0.25, 0.3) is 0 Å². The van der Waals surface area contributed by atoms with Gasteiger partial charge in [0.2, 0.25) is 23.6 Å². The summed E-state index contributed by atoms with van der Waals surface area (Å²) in [6.45, 7) is 11.9. The number of hydrogen-bond acceptors (Lipinski definition) is 12. The highest BCUT2D eigenvalue weighted by molar-refractivity contribution is 7.32. The molecule has 0 saturated carbocycles. The van der Waals surface area contributed by atoms with Crippen molar-refractivity contribution in [1.82, 2.24) is 26.2 Å². The first-order chi connectivity index (χ1) is 28.4. The van der Waals surface area contributed by atoms with Crippen LogP contribution < -0.4 is 32.3 Å². The number of carbonyl (C=O) groups is 6. The highest BCUT2D eigenvalue weighted by atomic mass is 31.1. The van der Waals surface area contributed by atoms with E-state index < -0.39 is 44.3 Å². The summed E-state index contributed by atoms with van der Waals surface area (Å²) in [7, 11) is -2.65. The Hall–Kier alpha value is -4.46. The summed E-state index contributed by atoms with van der Waals surface area (Å²) in [4.78, 5) is 86.2. The lowest BCUT2D eigenvalue weighted by Crippen LogP contribution is -2.54. The standard InChI is InChI=1S/C39H64N7O13P/c1-27(2)34(45-32(47)10-6-7-11-33(48)46-19-16-30(25-46)59-39(3,4)5)36(50)44-31(9-8-17-41-37(40)51)35(49)43-29-14-12-28(13-15-29)26-57-38(52)42-18-20-55-21-22-56-23-24-58-60(53)54/h12-15,27,30-31,34H,6-11,16-26H2,1-5H3,(H7-,40,41,42,43,44,45,47,49,50,51,52,53,54)/p+1/t30-,31-,34-/m0/s1. The van der Waals surface area contributed by atoms with E-state index >= 15 is 0 Å². The van der Waals surface area contributed by atoms with Crippen molar-refractivity contribution in [1.29, 1.82) is 0 Å². The quantitative estimate of drug-likeness (QED) is 0.0472. The van der Waals surface area contributed by atoms with Gasteiger partial charge in [0.15, 0.2) is 0 Å². The fraction of sp³-hybridized carbons (Fsp3) is 0.692. The summed E-state index contributed by atoms with van der Waals surface area (Å²) in [5, 5.41) is 13.3. The molecule has 21 heteroatoms. The minimum absolute atomic E-state index is 0.0122. The van der Waals surface area contributed by atoms with Gasteiger partial charge < -0.3 is 56.2 Å². The molecule has 1 aromatic rings. The first-order valence-corrected chi connectivity index (χ1v) is 21.4. The van der Waals surface area contributed by atoms with Crippen molar-refractivity contribution in [3.8, 4) is 0 Å². The smallest absolute Gasteiger partial charge is 0.445 e. The summed E-state index contributed by atoms with van der Waals surface area (Å²) < 4.78 is 36.6. The number of nitrogens with one attached hydrogen (secondary N) is 5. The maximum Gasteiger partial charge on any atom is 0.694 e. The number of ether oxygens (including phenoxy) is 4. The molecular weight excluding hydrogens is 805 g/mol. The van der Waals surface area contributed by atoms with Crippen LogP contribution in [0.1, 0.15) is 85.1 Å². The van der Waals surface area contributed by atoms with Gasteiger partial charge in [-0.05, 0) is 76.5 Å². The number of nitrogens with two attached hydrogens (primary N) is 1. The van der Waals surface area contributed by atoms with Gasteiger partial charge in [-0.3, -0.25) is 19.2 Å². The molecule has 1 aromatic carbocycles. The second-order valence-corrected chi connectivity index (χ2v) is 16.2. The van der Waals surface area contributed by atoms with Gasteiger partial charge >= 0.3 is 20.4 Å². The first-order valence-electron chi connectivity index (χ1n) is 20.3. The number of anilines is 1. The van der Waals surface area contributed by atoms with E-state index in [1.54, 1.807) is 43.0 Å². The third kappa shape index (κ3) is 23.4. The van der Waals surface area contributed by atoms with Crippen LogP contribution in [-0.4, -0.2) is 129 Å². The Labute approximate surface area is 353 Å². The van der Waals surface area contributed by atoms with Gasteiger partial charge in [-0.15, -0.1) is 9.42 Å². The molecule has 338 valence electrons. The van der Waals surface area contributed by atoms with Crippen molar-refractivity contribution in [2.45, 2.75) is 110 Å². The topological polar surface area (TPSA) is 275 Å². The summed E-state index contributed by atoms with van der Waals surface area (Å²) in [6.07, 6.45) is 2.02. The molecule has 1 saturated heterocycles. The number of likely N-dealkylation sites (tertiary alicyclic amines) is 1. The molecule has 1 aliphatic rings. The van der Waals surface area contributed by atoms with Crippen LogP contribution in [0, 0.1) is 5.92 Å². The number of amides is 7. The SMILES string of the molecule is CC(C)[C@H](NC(=O)CCCCC(=O)N1CC[C@H](OC(C)(C)C)C1)C(=O)N[C@@H](CCCNC(N)=O)C(=O)Nc1ccc(COC(=O)NCCOCCOCCO[P+](=O)O)cc1. The van der Waals surface area contributed by atoms with Gasteiger partial charge in [0.1, 0.15) is 25.3 Å². The first kappa shape index (κ1) is 51.7. The fourth-order valence-corrected chi connectivity index (χ4v) is 6.17. The van der Waals surface area contributed by atoms with E-state index in [-0.39, 0.29) is 95.0 Å². The van der Waals surface area contributed by atoms with Crippen LogP contribution in [0.5, 0.6) is 0 Å². The van der Waals surface area contributed by atoms with E-state index in [2.05, 4.69) is 31.1 Å². The predicted octanol–water partition coefficient (Wildman–Crippen LogP) is 2.60. The van der Waals surface area contributed by atoms with Crippen molar-refractivity contribution in [2.75, 3.05) is 64.5 Å². The number of unbranched alkanes of at least 4 members (excludes halogenated alkanes) is 1. The zero-order valence-electron chi connectivity index (χ0n) is 35.5. The number of primary amides is 1. The number of benzene rings is 1. The van der Waals surface area contributed by atoms with E-state index in [1.165, 1.54) is 0 Å². The van der Waals surface area contributed by atoms with Crippen molar-refractivity contribution in [3.05, 3.63) is 29.8 Å². The highest BCUT2D eigenvalue weighted by Gasteiger charge is 2.31. The molecule has 1 unspecified atom stereocenters. The van der Waals surface area contributed by atoms with Gasteiger partial charge in [0, 0.05) is 49.3 Å².